The van der Waals surface area contributed by atoms with Gasteiger partial charge < -0.3 is 15.0 Å². The van der Waals surface area contributed by atoms with E-state index in [1.165, 1.54) is 24.3 Å². The molecule has 1 N–H and O–H groups in total. The molecule has 2 aromatic rings. The van der Waals surface area contributed by atoms with Crippen molar-refractivity contribution < 1.29 is 23.5 Å². The highest BCUT2D eigenvalue weighted by atomic mass is 19.1. The molecule has 158 valence electrons. The quantitative estimate of drug-likeness (QED) is 0.707. The second kappa shape index (κ2) is 9.52. The summed E-state index contributed by atoms with van der Waals surface area (Å²) in [6, 6.07) is 11.2. The molecule has 0 aliphatic carbocycles. The highest BCUT2D eigenvalue weighted by Gasteiger charge is 2.37. The number of benzene rings is 2. The van der Waals surface area contributed by atoms with Crippen molar-refractivity contribution in [3.63, 3.8) is 0 Å². The first-order valence-electron chi connectivity index (χ1n) is 10.1. The number of carbonyl (C=O) groups excluding carboxylic acids is 3. The van der Waals surface area contributed by atoms with E-state index >= 15 is 0 Å². The summed E-state index contributed by atoms with van der Waals surface area (Å²) in [7, 11) is 0. The lowest BCUT2D eigenvalue weighted by Crippen LogP contribution is -2.29. The Hall–Kier alpha value is -3.22. The molecular formula is C23H25FN2O4. The molecule has 2 aromatic carbocycles. The van der Waals surface area contributed by atoms with Gasteiger partial charge in [0, 0.05) is 24.3 Å². The van der Waals surface area contributed by atoms with Gasteiger partial charge in [0.15, 0.2) is 6.61 Å². The van der Waals surface area contributed by atoms with Gasteiger partial charge in [0.25, 0.3) is 5.91 Å². The number of nitrogens with one attached hydrogen (secondary N) is 1. The number of hydrogen-bond donors (Lipinski definition) is 1. The summed E-state index contributed by atoms with van der Waals surface area (Å²) < 4.78 is 18.0. The molecule has 6 nitrogen and oxygen atoms in total. The molecule has 0 bridgehead atoms. The third kappa shape index (κ3) is 4.84. The van der Waals surface area contributed by atoms with Crippen LogP contribution in [0.3, 0.4) is 0 Å². The van der Waals surface area contributed by atoms with Crippen molar-refractivity contribution in [3.8, 4) is 0 Å². The molecule has 0 saturated carbocycles. The average Bonchev–Trinajstić information content (AvgIpc) is 3.14. The molecule has 0 aromatic heterocycles. The normalized spacial score (nSPS) is 15.9. The van der Waals surface area contributed by atoms with E-state index < -0.39 is 30.2 Å². The summed E-state index contributed by atoms with van der Waals surface area (Å²) in [4.78, 5) is 38.7. The molecule has 3 rings (SSSR count). The van der Waals surface area contributed by atoms with Crippen LogP contribution >= 0.6 is 0 Å². The molecule has 0 spiro atoms. The third-order valence-electron chi connectivity index (χ3n) is 5.17. The van der Waals surface area contributed by atoms with E-state index in [0.717, 1.165) is 29.7 Å². The zero-order chi connectivity index (χ0) is 21.7. The molecule has 1 atom stereocenters. The van der Waals surface area contributed by atoms with Gasteiger partial charge in [-0.3, -0.25) is 14.4 Å². The van der Waals surface area contributed by atoms with Gasteiger partial charge in [0.1, 0.15) is 5.82 Å². The van der Waals surface area contributed by atoms with Crippen molar-refractivity contribution in [3.05, 3.63) is 59.4 Å². The molecule has 1 saturated heterocycles. The minimum Gasteiger partial charge on any atom is -0.455 e. The van der Waals surface area contributed by atoms with Crippen molar-refractivity contribution in [2.75, 3.05) is 23.4 Å². The summed E-state index contributed by atoms with van der Waals surface area (Å²) >= 11 is 0. The molecule has 1 aliphatic heterocycles. The highest BCUT2D eigenvalue weighted by Crippen LogP contribution is 2.32. The number of ether oxygens (including phenoxy) is 1. The van der Waals surface area contributed by atoms with Crippen LogP contribution in [0.2, 0.25) is 0 Å². The molecular weight excluding hydrogens is 387 g/mol. The van der Waals surface area contributed by atoms with E-state index in [4.69, 9.17) is 4.74 Å². The van der Waals surface area contributed by atoms with E-state index in [2.05, 4.69) is 5.32 Å². The van der Waals surface area contributed by atoms with Gasteiger partial charge in [0.2, 0.25) is 5.91 Å². The fourth-order valence-electron chi connectivity index (χ4n) is 3.63. The SMILES string of the molecule is CCc1cccc(CC)c1N1C[C@@H](C(=O)OCC(=O)Nc2ccc(F)cc2)CC1=O. The van der Waals surface area contributed by atoms with Crippen LogP contribution in [0.25, 0.3) is 0 Å². The van der Waals surface area contributed by atoms with Gasteiger partial charge in [-0.05, 0) is 48.2 Å². The lowest BCUT2D eigenvalue weighted by atomic mass is 10.0. The van der Waals surface area contributed by atoms with Crippen molar-refractivity contribution >= 4 is 29.2 Å². The van der Waals surface area contributed by atoms with Crippen molar-refractivity contribution in [1.82, 2.24) is 0 Å². The van der Waals surface area contributed by atoms with Crippen molar-refractivity contribution in [2.24, 2.45) is 5.92 Å². The van der Waals surface area contributed by atoms with E-state index in [1.54, 1.807) is 4.90 Å². The second-order valence-corrected chi connectivity index (χ2v) is 7.20. The van der Waals surface area contributed by atoms with Crippen LogP contribution in [0.4, 0.5) is 15.8 Å². The van der Waals surface area contributed by atoms with Gasteiger partial charge in [0.05, 0.1) is 5.92 Å². The summed E-state index contributed by atoms with van der Waals surface area (Å²) in [6.45, 7) is 3.84. The smallest absolute Gasteiger partial charge is 0.311 e. The standard InChI is InChI=1S/C23H25FN2O4/c1-3-15-6-5-7-16(4-2)22(15)26-13-17(12-21(26)28)23(29)30-14-20(27)25-19-10-8-18(24)9-11-19/h5-11,17H,3-4,12-14H2,1-2H3,(H,25,27)/t17-/m0/s1. The average molecular weight is 412 g/mol. The third-order valence-corrected chi connectivity index (χ3v) is 5.17. The monoisotopic (exact) mass is 412 g/mol. The Kier molecular flexibility index (Phi) is 6.82. The molecule has 1 fully saturated rings. The highest BCUT2D eigenvalue weighted by molar-refractivity contribution is 6.01. The topological polar surface area (TPSA) is 75.7 Å². The first-order chi connectivity index (χ1) is 14.4. The van der Waals surface area contributed by atoms with Crippen LogP contribution in [0, 0.1) is 11.7 Å². The number of nitrogens with zero attached hydrogens (tertiary/aromatic N) is 1. The molecule has 0 radical (unpaired) electrons. The first kappa shape index (κ1) is 21.5. The molecule has 1 aliphatic rings. The Morgan fingerprint density at radius 1 is 1.10 bits per heavy atom. The fraction of sp³-hybridized carbons (Fsp3) is 0.348. The number of rotatable bonds is 7. The molecule has 1 heterocycles. The zero-order valence-corrected chi connectivity index (χ0v) is 17.1. The molecule has 0 unspecified atom stereocenters. The van der Waals surface area contributed by atoms with E-state index in [-0.39, 0.29) is 18.9 Å². The maximum Gasteiger partial charge on any atom is 0.311 e. The Morgan fingerprint density at radius 3 is 2.33 bits per heavy atom. The molecule has 7 heteroatoms. The van der Waals surface area contributed by atoms with Crippen LogP contribution in [-0.4, -0.2) is 30.9 Å². The number of para-hydroxylation sites is 1. The van der Waals surface area contributed by atoms with Crippen LogP contribution in [0.5, 0.6) is 0 Å². The number of halogens is 1. The Labute approximate surface area is 175 Å². The van der Waals surface area contributed by atoms with Gasteiger partial charge in [-0.15, -0.1) is 0 Å². The minimum absolute atomic E-state index is 0.0552. The van der Waals surface area contributed by atoms with Crippen LogP contribution < -0.4 is 10.2 Å². The van der Waals surface area contributed by atoms with Gasteiger partial charge in [-0.2, -0.15) is 0 Å². The lowest BCUT2D eigenvalue weighted by Gasteiger charge is -2.23. The van der Waals surface area contributed by atoms with Gasteiger partial charge >= 0.3 is 5.97 Å². The van der Waals surface area contributed by atoms with E-state index in [9.17, 15) is 18.8 Å². The summed E-state index contributed by atoms with van der Waals surface area (Å²) in [5.74, 6) is -2.26. The predicted octanol–water partition coefficient (Wildman–Crippen LogP) is 3.49. The Balaban J connectivity index is 1.60. The maximum atomic E-state index is 12.9. The molecule has 30 heavy (non-hydrogen) atoms. The lowest BCUT2D eigenvalue weighted by molar-refractivity contribution is -0.151. The number of carbonyl (C=O) groups is 3. The number of hydrogen-bond acceptors (Lipinski definition) is 4. The van der Waals surface area contributed by atoms with Gasteiger partial charge in [-0.1, -0.05) is 32.0 Å². The van der Waals surface area contributed by atoms with Crippen molar-refractivity contribution in [1.29, 1.82) is 0 Å². The van der Waals surface area contributed by atoms with Gasteiger partial charge in [-0.25, -0.2) is 4.39 Å². The second-order valence-electron chi connectivity index (χ2n) is 7.20. The number of esters is 1. The van der Waals surface area contributed by atoms with E-state index in [1.807, 2.05) is 32.0 Å². The Morgan fingerprint density at radius 2 is 1.73 bits per heavy atom. The summed E-state index contributed by atoms with van der Waals surface area (Å²) in [5, 5.41) is 2.53. The predicted molar refractivity (Wildman–Crippen MR) is 112 cm³/mol. The number of aryl methyl sites for hydroxylation is 2. The number of anilines is 2. The summed E-state index contributed by atoms with van der Waals surface area (Å²) in [6.07, 6.45) is 1.62. The first-order valence-corrected chi connectivity index (χ1v) is 10.1. The minimum atomic E-state index is -0.620. The van der Waals surface area contributed by atoms with Crippen LogP contribution in [-0.2, 0) is 32.0 Å². The fourth-order valence-corrected chi connectivity index (χ4v) is 3.63. The van der Waals surface area contributed by atoms with Crippen LogP contribution in [0.15, 0.2) is 42.5 Å². The number of amides is 2. The van der Waals surface area contributed by atoms with Crippen molar-refractivity contribution in [2.45, 2.75) is 33.1 Å². The summed E-state index contributed by atoms with van der Waals surface area (Å²) in [5.41, 5.74) is 3.42. The van der Waals surface area contributed by atoms with Crippen LogP contribution in [0.1, 0.15) is 31.4 Å². The molecule has 2 amide bonds. The largest absolute Gasteiger partial charge is 0.455 e. The zero-order valence-electron chi connectivity index (χ0n) is 17.1. The van der Waals surface area contributed by atoms with E-state index in [0.29, 0.717) is 5.69 Å². The maximum absolute atomic E-state index is 12.9. The Bertz CT molecular complexity index is 920.